The fourth-order valence-corrected chi connectivity index (χ4v) is 3.57. The second kappa shape index (κ2) is 10.9. The van der Waals surface area contributed by atoms with Crippen LogP contribution in [0.1, 0.15) is 35.3 Å². The Hall–Kier alpha value is -3.51. The van der Waals surface area contributed by atoms with Gasteiger partial charge < -0.3 is 20.1 Å². The first-order chi connectivity index (χ1) is 15.8. The van der Waals surface area contributed by atoms with E-state index in [4.69, 9.17) is 21.1 Å². The fourth-order valence-electron chi connectivity index (χ4n) is 3.32. The minimum atomic E-state index is -0.713. The molecule has 3 aromatic rings. The number of rotatable bonds is 8. The van der Waals surface area contributed by atoms with Crippen molar-refractivity contribution in [1.82, 2.24) is 0 Å². The van der Waals surface area contributed by atoms with Gasteiger partial charge >= 0.3 is 0 Å². The molecular weight excluding hydrogens is 440 g/mol. The van der Waals surface area contributed by atoms with E-state index in [-0.39, 0.29) is 11.8 Å². The molecule has 33 heavy (non-hydrogen) atoms. The van der Waals surface area contributed by atoms with Crippen LogP contribution in [-0.4, -0.2) is 25.0 Å². The molecule has 0 aromatic heterocycles. The first kappa shape index (κ1) is 24.1. The third-order valence-corrected chi connectivity index (χ3v) is 5.49. The number of benzene rings is 3. The smallest absolute Gasteiger partial charge is 0.265 e. The quantitative estimate of drug-likeness (QED) is 0.434. The fraction of sp³-hybridized carbons (Fsp3) is 0.231. The summed E-state index contributed by atoms with van der Waals surface area (Å²) in [5.41, 5.74) is 3.90. The molecule has 0 fully saturated rings. The summed E-state index contributed by atoms with van der Waals surface area (Å²) in [6.07, 6.45) is 0.106. The van der Waals surface area contributed by atoms with Crippen LogP contribution in [0.15, 0.2) is 60.7 Å². The van der Waals surface area contributed by atoms with Crippen LogP contribution in [-0.2, 0) is 11.2 Å². The zero-order valence-corrected chi connectivity index (χ0v) is 19.8. The molecule has 0 bridgehead atoms. The van der Waals surface area contributed by atoms with Crippen molar-refractivity contribution in [3.8, 4) is 11.5 Å². The van der Waals surface area contributed by atoms with E-state index < -0.39 is 6.10 Å². The summed E-state index contributed by atoms with van der Waals surface area (Å²) < 4.78 is 10.9. The summed E-state index contributed by atoms with van der Waals surface area (Å²) in [5, 5.41) is 6.17. The van der Waals surface area contributed by atoms with Gasteiger partial charge in [-0.05, 0) is 73.9 Å². The third-order valence-electron chi connectivity index (χ3n) is 5.20. The number of anilines is 2. The van der Waals surface area contributed by atoms with Crippen LogP contribution < -0.4 is 20.1 Å². The van der Waals surface area contributed by atoms with Gasteiger partial charge in [0.2, 0.25) is 0 Å². The lowest BCUT2D eigenvalue weighted by Crippen LogP contribution is -2.30. The van der Waals surface area contributed by atoms with E-state index in [9.17, 15) is 9.59 Å². The lowest BCUT2D eigenvalue weighted by atomic mass is 10.1. The van der Waals surface area contributed by atoms with Crippen molar-refractivity contribution in [2.24, 2.45) is 0 Å². The van der Waals surface area contributed by atoms with Crippen LogP contribution in [0.4, 0.5) is 11.4 Å². The van der Waals surface area contributed by atoms with Gasteiger partial charge in [0.1, 0.15) is 11.5 Å². The number of aryl methyl sites for hydroxylation is 2. The lowest BCUT2D eigenvalue weighted by molar-refractivity contribution is -0.122. The molecule has 3 rings (SSSR count). The minimum absolute atomic E-state index is 0.239. The Kier molecular flexibility index (Phi) is 7.96. The van der Waals surface area contributed by atoms with Crippen molar-refractivity contribution < 1.29 is 19.1 Å². The molecule has 6 nitrogen and oxygen atoms in total. The number of ether oxygens (including phenoxy) is 2. The van der Waals surface area contributed by atoms with Crippen LogP contribution >= 0.6 is 11.6 Å². The maximum Gasteiger partial charge on any atom is 0.265 e. The number of nitrogens with one attached hydrogen (secondary N) is 2. The van der Waals surface area contributed by atoms with Gasteiger partial charge in [0.05, 0.1) is 12.1 Å². The molecule has 0 aliphatic carbocycles. The maximum absolute atomic E-state index is 12.7. The highest BCUT2D eigenvalue weighted by atomic mass is 35.5. The highest BCUT2D eigenvalue weighted by Gasteiger charge is 2.17. The number of para-hydroxylation sites is 1. The predicted octanol–water partition coefficient (Wildman–Crippen LogP) is 5.88. The Morgan fingerprint density at radius 1 is 1.03 bits per heavy atom. The second-order valence-electron chi connectivity index (χ2n) is 7.54. The molecule has 7 heteroatoms. The van der Waals surface area contributed by atoms with Gasteiger partial charge in [0, 0.05) is 16.9 Å². The molecule has 1 unspecified atom stereocenters. The van der Waals surface area contributed by atoms with Crippen LogP contribution in [0.5, 0.6) is 11.5 Å². The topological polar surface area (TPSA) is 76.7 Å². The minimum Gasteiger partial charge on any atom is -0.495 e. The monoisotopic (exact) mass is 466 g/mol. The molecule has 0 aliphatic heterocycles. The predicted molar refractivity (Wildman–Crippen MR) is 132 cm³/mol. The van der Waals surface area contributed by atoms with Crippen molar-refractivity contribution >= 4 is 34.8 Å². The molecule has 0 heterocycles. The van der Waals surface area contributed by atoms with E-state index in [1.807, 2.05) is 32.0 Å². The molecule has 172 valence electrons. The zero-order chi connectivity index (χ0) is 24.0. The number of hydrogen-bond donors (Lipinski definition) is 2. The standard InChI is InChI=1S/C26H27ClN2O4/c1-5-18-8-6-7-16(2)24(18)29-25(30)17(3)33-21-12-9-19(10-13-21)26(31)28-20-11-14-23(32-4)22(27)15-20/h6-15,17H,5H2,1-4H3,(H,28,31)(H,29,30). The van der Waals surface area contributed by atoms with Gasteiger partial charge in [-0.1, -0.05) is 36.7 Å². The number of carbonyl (C=O) groups is 2. The van der Waals surface area contributed by atoms with E-state index in [1.165, 1.54) is 7.11 Å². The van der Waals surface area contributed by atoms with Crippen LogP contribution in [0.25, 0.3) is 0 Å². The highest BCUT2D eigenvalue weighted by molar-refractivity contribution is 6.32. The number of amides is 2. The molecule has 0 saturated heterocycles. The summed E-state index contributed by atoms with van der Waals surface area (Å²) >= 11 is 6.10. The third kappa shape index (κ3) is 6.05. The summed E-state index contributed by atoms with van der Waals surface area (Å²) in [5.74, 6) is 0.488. The van der Waals surface area contributed by atoms with Gasteiger partial charge in [-0.15, -0.1) is 0 Å². The zero-order valence-electron chi connectivity index (χ0n) is 19.1. The van der Waals surface area contributed by atoms with Gasteiger partial charge in [-0.3, -0.25) is 9.59 Å². The van der Waals surface area contributed by atoms with Crippen molar-refractivity contribution in [1.29, 1.82) is 0 Å². The molecule has 0 saturated carbocycles. The molecule has 3 aromatic carbocycles. The van der Waals surface area contributed by atoms with Crippen molar-refractivity contribution in [3.63, 3.8) is 0 Å². The lowest BCUT2D eigenvalue weighted by Gasteiger charge is -2.18. The Labute approximate surface area is 198 Å². The number of hydrogen-bond acceptors (Lipinski definition) is 4. The summed E-state index contributed by atoms with van der Waals surface area (Å²) in [7, 11) is 1.53. The average Bonchev–Trinajstić information content (AvgIpc) is 2.80. The second-order valence-corrected chi connectivity index (χ2v) is 7.95. The number of methoxy groups -OCH3 is 1. The molecule has 0 radical (unpaired) electrons. The SMILES string of the molecule is CCc1cccc(C)c1NC(=O)C(C)Oc1ccc(C(=O)Nc2ccc(OC)c(Cl)c2)cc1. The molecule has 1 atom stereocenters. The normalized spacial score (nSPS) is 11.4. The van der Waals surface area contributed by atoms with Gasteiger partial charge in [0.25, 0.3) is 11.8 Å². The van der Waals surface area contributed by atoms with Gasteiger partial charge in [0.15, 0.2) is 6.10 Å². The van der Waals surface area contributed by atoms with Crippen LogP contribution in [0.2, 0.25) is 5.02 Å². The average molecular weight is 467 g/mol. The van der Waals surface area contributed by atoms with E-state index in [0.717, 1.165) is 23.2 Å². The first-order valence-corrected chi connectivity index (χ1v) is 11.0. The van der Waals surface area contributed by atoms with E-state index in [1.54, 1.807) is 49.4 Å². The summed E-state index contributed by atoms with van der Waals surface area (Å²) in [6.45, 7) is 5.70. The molecule has 2 N–H and O–H groups in total. The molecule has 0 aliphatic rings. The van der Waals surface area contributed by atoms with Crippen molar-refractivity contribution in [3.05, 3.63) is 82.4 Å². The maximum atomic E-state index is 12.7. The number of halogens is 1. The van der Waals surface area contributed by atoms with Crippen LogP contribution in [0, 0.1) is 6.92 Å². The summed E-state index contributed by atoms with van der Waals surface area (Å²) in [6, 6.07) is 17.5. The summed E-state index contributed by atoms with van der Waals surface area (Å²) in [4.78, 5) is 25.2. The highest BCUT2D eigenvalue weighted by Crippen LogP contribution is 2.27. The van der Waals surface area contributed by atoms with Crippen LogP contribution in [0.3, 0.4) is 0 Å². The van der Waals surface area contributed by atoms with Gasteiger partial charge in [-0.2, -0.15) is 0 Å². The first-order valence-electron chi connectivity index (χ1n) is 10.6. The van der Waals surface area contributed by atoms with Gasteiger partial charge in [-0.25, -0.2) is 0 Å². The van der Waals surface area contributed by atoms with Crippen molar-refractivity contribution in [2.75, 3.05) is 17.7 Å². The number of carbonyl (C=O) groups excluding carboxylic acids is 2. The van der Waals surface area contributed by atoms with E-state index >= 15 is 0 Å². The van der Waals surface area contributed by atoms with E-state index in [0.29, 0.717) is 27.8 Å². The Morgan fingerprint density at radius 3 is 2.39 bits per heavy atom. The molecular formula is C26H27ClN2O4. The molecule has 2 amide bonds. The molecule has 0 spiro atoms. The Bertz CT molecular complexity index is 1150. The van der Waals surface area contributed by atoms with Crippen molar-refractivity contribution in [2.45, 2.75) is 33.3 Å². The van der Waals surface area contributed by atoms with E-state index in [2.05, 4.69) is 10.6 Å². The Balaban J connectivity index is 1.61. The largest absolute Gasteiger partial charge is 0.495 e. The Morgan fingerprint density at radius 2 is 1.76 bits per heavy atom.